The molecule has 0 aliphatic rings. The van der Waals surface area contributed by atoms with Crippen LogP contribution in [0.5, 0.6) is 0 Å². The van der Waals surface area contributed by atoms with E-state index in [1.165, 1.54) is 5.56 Å². The largest absolute Gasteiger partial charge is 0.384 e. The number of rotatable bonds is 9. The van der Waals surface area contributed by atoms with Crippen LogP contribution < -0.4 is 11.1 Å². The van der Waals surface area contributed by atoms with E-state index in [1.807, 2.05) is 54.0 Å². The molecule has 0 saturated carbocycles. The molecule has 0 spiro atoms. The van der Waals surface area contributed by atoms with Gasteiger partial charge in [0.25, 0.3) is 5.91 Å². The van der Waals surface area contributed by atoms with E-state index in [9.17, 15) is 4.79 Å². The molecule has 6 heteroatoms. The number of amides is 1. The number of nitrogens with zero attached hydrogens (tertiary/aromatic N) is 3. The summed E-state index contributed by atoms with van der Waals surface area (Å²) in [6, 6.07) is 18.0. The van der Waals surface area contributed by atoms with Gasteiger partial charge < -0.3 is 15.6 Å². The molecule has 172 valence electrons. The van der Waals surface area contributed by atoms with Crippen LogP contribution in [0.2, 0.25) is 0 Å². The monoisotopic (exact) mass is 443 g/mol. The number of para-hydroxylation sites is 2. The number of carbonyl (C=O) groups excluding carboxylic acids is 1. The van der Waals surface area contributed by atoms with E-state index in [0.717, 1.165) is 36.7 Å². The highest BCUT2D eigenvalue weighted by atomic mass is 16.1. The van der Waals surface area contributed by atoms with E-state index < -0.39 is 0 Å². The van der Waals surface area contributed by atoms with Crippen LogP contribution in [0.1, 0.15) is 56.0 Å². The van der Waals surface area contributed by atoms with E-state index in [-0.39, 0.29) is 11.9 Å². The zero-order valence-corrected chi connectivity index (χ0v) is 19.7. The van der Waals surface area contributed by atoms with E-state index >= 15 is 0 Å². The third-order valence-corrected chi connectivity index (χ3v) is 6.08. The van der Waals surface area contributed by atoms with Crippen molar-refractivity contribution >= 4 is 33.9 Å². The van der Waals surface area contributed by atoms with Crippen molar-refractivity contribution in [2.24, 2.45) is 5.92 Å². The van der Waals surface area contributed by atoms with Gasteiger partial charge in [0.1, 0.15) is 16.9 Å². The zero-order chi connectivity index (χ0) is 23.4. The summed E-state index contributed by atoms with van der Waals surface area (Å²) in [6.07, 6.45) is 3.96. The molecule has 4 aromatic rings. The van der Waals surface area contributed by atoms with Crippen LogP contribution in [-0.2, 0) is 13.0 Å². The van der Waals surface area contributed by atoms with Crippen LogP contribution in [0, 0.1) is 5.92 Å². The lowest BCUT2D eigenvalue weighted by molar-refractivity contribution is 0.0940. The van der Waals surface area contributed by atoms with Crippen molar-refractivity contribution in [1.82, 2.24) is 19.9 Å². The topological polar surface area (TPSA) is 85.8 Å². The number of nitrogen functional groups attached to an aromatic ring is 1. The Morgan fingerprint density at radius 3 is 2.33 bits per heavy atom. The summed E-state index contributed by atoms with van der Waals surface area (Å²) in [5.41, 5.74) is 11.0. The molecule has 33 heavy (non-hydrogen) atoms. The Balaban J connectivity index is 1.68. The Morgan fingerprint density at radius 2 is 1.64 bits per heavy atom. The van der Waals surface area contributed by atoms with Crippen molar-refractivity contribution in [3.05, 3.63) is 65.7 Å². The highest BCUT2D eigenvalue weighted by molar-refractivity contribution is 6.10. The third-order valence-electron chi connectivity index (χ3n) is 6.08. The maximum atomic E-state index is 13.3. The molecular weight excluding hydrogens is 410 g/mol. The maximum absolute atomic E-state index is 13.3. The predicted octanol–water partition coefficient (Wildman–Crippen LogP) is 5.35. The van der Waals surface area contributed by atoms with Crippen LogP contribution in [-0.4, -0.2) is 26.5 Å². The SMILES string of the molecule is CC(C)CCCC(C)NC(=O)c1c(N)n(CCc2ccccc2)c2nc3ccccc3nc12. The number of hydrogen-bond acceptors (Lipinski definition) is 4. The van der Waals surface area contributed by atoms with Gasteiger partial charge in [-0.3, -0.25) is 4.79 Å². The number of nitrogens with one attached hydrogen (secondary N) is 1. The minimum Gasteiger partial charge on any atom is -0.384 e. The summed E-state index contributed by atoms with van der Waals surface area (Å²) in [5, 5.41) is 3.14. The van der Waals surface area contributed by atoms with Crippen molar-refractivity contribution < 1.29 is 4.79 Å². The second-order valence-corrected chi connectivity index (χ2v) is 9.23. The molecule has 1 unspecified atom stereocenters. The quantitative estimate of drug-likeness (QED) is 0.365. The first kappa shape index (κ1) is 22.8. The van der Waals surface area contributed by atoms with Crippen LogP contribution >= 0.6 is 0 Å². The van der Waals surface area contributed by atoms with Gasteiger partial charge in [0.05, 0.1) is 11.0 Å². The normalized spacial score (nSPS) is 12.5. The summed E-state index contributed by atoms with van der Waals surface area (Å²) in [6.45, 7) is 7.11. The molecule has 0 saturated heterocycles. The summed E-state index contributed by atoms with van der Waals surface area (Å²) >= 11 is 0. The molecule has 1 amide bonds. The Kier molecular flexibility index (Phi) is 6.92. The molecule has 3 N–H and O–H groups in total. The van der Waals surface area contributed by atoms with Crippen LogP contribution in [0.3, 0.4) is 0 Å². The second kappa shape index (κ2) is 10.0. The standard InChI is InChI=1S/C27H33N5O/c1-18(2)10-9-11-19(3)29-27(33)23-24-26(31-22-15-8-7-14-21(22)30-24)32(25(23)28)17-16-20-12-5-4-6-13-20/h4-8,12-15,18-19H,9-11,16-17,28H2,1-3H3,(H,29,33). The average Bonchev–Trinajstić information content (AvgIpc) is 3.06. The van der Waals surface area contributed by atoms with Gasteiger partial charge >= 0.3 is 0 Å². The third kappa shape index (κ3) is 5.16. The molecule has 0 radical (unpaired) electrons. The van der Waals surface area contributed by atoms with Crippen molar-refractivity contribution in [1.29, 1.82) is 0 Å². The molecule has 0 aliphatic carbocycles. The van der Waals surface area contributed by atoms with E-state index in [4.69, 9.17) is 15.7 Å². The number of aromatic nitrogens is 3. The highest BCUT2D eigenvalue weighted by Crippen LogP contribution is 2.28. The predicted molar refractivity (Wildman–Crippen MR) is 135 cm³/mol. The van der Waals surface area contributed by atoms with Crippen molar-refractivity contribution in [2.45, 2.75) is 59.0 Å². The van der Waals surface area contributed by atoms with Gasteiger partial charge in [-0.15, -0.1) is 0 Å². The lowest BCUT2D eigenvalue weighted by atomic mass is 10.0. The summed E-state index contributed by atoms with van der Waals surface area (Å²) in [5.74, 6) is 0.899. The zero-order valence-electron chi connectivity index (χ0n) is 19.7. The van der Waals surface area contributed by atoms with Gasteiger partial charge in [-0.25, -0.2) is 9.97 Å². The van der Waals surface area contributed by atoms with Gasteiger partial charge in [0.15, 0.2) is 5.65 Å². The molecule has 2 aromatic carbocycles. The van der Waals surface area contributed by atoms with Crippen molar-refractivity contribution in [3.63, 3.8) is 0 Å². The Labute approximate surface area is 195 Å². The first-order valence-corrected chi connectivity index (χ1v) is 11.8. The Morgan fingerprint density at radius 1 is 0.970 bits per heavy atom. The van der Waals surface area contributed by atoms with Crippen molar-refractivity contribution in [3.8, 4) is 0 Å². The maximum Gasteiger partial charge on any atom is 0.257 e. The number of fused-ring (bicyclic) bond motifs is 2. The number of aryl methyl sites for hydroxylation is 2. The highest BCUT2D eigenvalue weighted by Gasteiger charge is 2.24. The number of carbonyl (C=O) groups is 1. The molecule has 6 nitrogen and oxygen atoms in total. The molecule has 2 aromatic heterocycles. The van der Waals surface area contributed by atoms with Crippen LogP contribution in [0.4, 0.5) is 5.82 Å². The van der Waals surface area contributed by atoms with E-state index in [0.29, 0.717) is 35.0 Å². The van der Waals surface area contributed by atoms with Gasteiger partial charge in [-0.2, -0.15) is 0 Å². The van der Waals surface area contributed by atoms with E-state index in [2.05, 4.69) is 31.3 Å². The average molecular weight is 444 g/mol. The number of hydrogen-bond donors (Lipinski definition) is 2. The van der Waals surface area contributed by atoms with Crippen molar-refractivity contribution in [2.75, 3.05) is 5.73 Å². The van der Waals surface area contributed by atoms with Gasteiger partial charge in [-0.05, 0) is 43.4 Å². The van der Waals surface area contributed by atoms with Crippen LogP contribution in [0.15, 0.2) is 54.6 Å². The number of benzene rings is 2. The Hall–Kier alpha value is -3.41. The number of anilines is 1. The fourth-order valence-corrected chi connectivity index (χ4v) is 4.25. The Bertz CT molecular complexity index is 1250. The van der Waals surface area contributed by atoms with Crippen LogP contribution in [0.25, 0.3) is 22.2 Å². The molecule has 2 heterocycles. The molecule has 4 rings (SSSR count). The molecule has 1 atom stereocenters. The number of nitrogens with two attached hydrogens (primary N) is 1. The molecule has 0 aliphatic heterocycles. The molecule has 0 bridgehead atoms. The lowest BCUT2D eigenvalue weighted by Gasteiger charge is -2.14. The summed E-state index contributed by atoms with van der Waals surface area (Å²) in [4.78, 5) is 23.0. The summed E-state index contributed by atoms with van der Waals surface area (Å²) < 4.78 is 1.93. The lowest BCUT2D eigenvalue weighted by Crippen LogP contribution is -2.33. The first-order chi connectivity index (χ1) is 15.9. The smallest absolute Gasteiger partial charge is 0.257 e. The minimum absolute atomic E-state index is 0.0618. The second-order valence-electron chi connectivity index (χ2n) is 9.23. The van der Waals surface area contributed by atoms with E-state index in [1.54, 1.807) is 0 Å². The van der Waals surface area contributed by atoms with Gasteiger partial charge in [0.2, 0.25) is 0 Å². The molecular formula is C27H33N5O. The fraction of sp³-hybridized carbons (Fsp3) is 0.370. The molecule has 0 fully saturated rings. The van der Waals surface area contributed by atoms with Gasteiger partial charge in [0, 0.05) is 12.6 Å². The minimum atomic E-state index is -0.183. The van der Waals surface area contributed by atoms with Gasteiger partial charge in [-0.1, -0.05) is 69.2 Å². The summed E-state index contributed by atoms with van der Waals surface area (Å²) in [7, 11) is 0. The fourth-order valence-electron chi connectivity index (χ4n) is 4.25. The first-order valence-electron chi connectivity index (χ1n) is 11.8.